The maximum atomic E-state index is 14.0. The van der Waals surface area contributed by atoms with Gasteiger partial charge in [0, 0.05) is 10.0 Å². The van der Waals surface area contributed by atoms with E-state index in [9.17, 15) is 4.39 Å². The molecular weight excluding hydrogens is 365 g/mol. The minimum Gasteiger partial charge on any atom is -0.466 e. The van der Waals surface area contributed by atoms with Crippen LogP contribution in [0.5, 0.6) is 0 Å². The van der Waals surface area contributed by atoms with Crippen LogP contribution in [0.3, 0.4) is 0 Å². The van der Waals surface area contributed by atoms with Crippen molar-refractivity contribution in [3.05, 3.63) is 56.6 Å². The number of benzene rings is 1. The standard InChI is InChI=1S/C13H12Br2FNO/c1-2-17-12(13-9(15)6-7-18-13)11-8(14)4-3-5-10(11)16/h3-7,12,17H,2H2,1H3. The quantitative estimate of drug-likeness (QED) is 0.840. The molecule has 0 amide bonds. The number of halogens is 3. The van der Waals surface area contributed by atoms with E-state index in [1.165, 1.54) is 6.07 Å². The first-order valence-electron chi connectivity index (χ1n) is 5.55. The highest BCUT2D eigenvalue weighted by molar-refractivity contribution is 9.10. The predicted octanol–water partition coefficient (Wildman–Crippen LogP) is 4.64. The highest BCUT2D eigenvalue weighted by Gasteiger charge is 2.24. The summed E-state index contributed by atoms with van der Waals surface area (Å²) in [5, 5.41) is 3.23. The summed E-state index contributed by atoms with van der Waals surface area (Å²) in [5.41, 5.74) is 0.551. The fourth-order valence-corrected chi connectivity index (χ4v) is 2.83. The zero-order valence-corrected chi connectivity index (χ0v) is 12.9. The summed E-state index contributed by atoms with van der Waals surface area (Å²) in [6, 6.07) is 6.41. The molecule has 0 aliphatic rings. The average Bonchev–Trinajstić information content (AvgIpc) is 2.74. The van der Waals surface area contributed by atoms with E-state index in [2.05, 4.69) is 37.2 Å². The predicted molar refractivity (Wildman–Crippen MR) is 76.0 cm³/mol. The van der Waals surface area contributed by atoms with Gasteiger partial charge >= 0.3 is 0 Å². The van der Waals surface area contributed by atoms with E-state index in [1.54, 1.807) is 18.4 Å². The van der Waals surface area contributed by atoms with Crippen LogP contribution in [-0.4, -0.2) is 6.54 Å². The van der Waals surface area contributed by atoms with Gasteiger partial charge in [0.05, 0.1) is 16.8 Å². The molecule has 0 spiro atoms. The highest BCUT2D eigenvalue weighted by Crippen LogP contribution is 2.34. The lowest BCUT2D eigenvalue weighted by Crippen LogP contribution is -2.23. The van der Waals surface area contributed by atoms with Crippen LogP contribution < -0.4 is 5.32 Å². The summed E-state index contributed by atoms with van der Waals surface area (Å²) in [6.45, 7) is 2.68. The van der Waals surface area contributed by atoms with Crippen molar-refractivity contribution in [3.63, 3.8) is 0 Å². The van der Waals surface area contributed by atoms with Gasteiger partial charge in [-0.15, -0.1) is 0 Å². The largest absolute Gasteiger partial charge is 0.466 e. The minimum absolute atomic E-state index is 0.265. The fourth-order valence-electron chi connectivity index (χ4n) is 1.83. The third-order valence-corrected chi connectivity index (χ3v) is 3.95. The SMILES string of the molecule is CCNC(c1occc1Br)c1c(F)cccc1Br. The van der Waals surface area contributed by atoms with Crippen molar-refractivity contribution in [1.29, 1.82) is 0 Å². The zero-order chi connectivity index (χ0) is 13.1. The Hall–Kier alpha value is -0.650. The monoisotopic (exact) mass is 375 g/mol. The van der Waals surface area contributed by atoms with Crippen molar-refractivity contribution in [1.82, 2.24) is 5.32 Å². The highest BCUT2D eigenvalue weighted by atomic mass is 79.9. The number of rotatable bonds is 4. The van der Waals surface area contributed by atoms with Crippen LogP contribution in [0.25, 0.3) is 0 Å². The Morgan fingerprint density at radius 1 is 1.28 bits per heavy atom. The second-order valence-electron chi connectivity index (χ2n) is 3.76. The Labute approximate surface area is 122 Å². The van der Waals surface area contributed by atoms with E-state index in [-0.39, 0.29) is 11.9 Å². The summed E-state index contributed by atoms with van der Waals surface area (Å²) in [6.07, 6.45) is 1.58. The van der Waals surface area contributed by atoms with Crippen molar-refractivity contribution >= 4 is 31.9 Å². The molecule has 0 fully saturated rings. The van der Waals surface area contributed by atoms with Crippen molar-refractivity contribution < 1.29 is 8.81 Å². The van der Waals surface area contributed by atoms with Crippen LogP contribution in [0.1, 0.15) is 24.3 Å². The van der Waals surface area contributed by atoms with Gasteiger partial charge in [-0.1, -0.05) is 28.9 Å². The maximum Gasteiger partial charge on any atom is 0.139 e. The lowest BCUT2D eigenvalue weighted by atomic mass is 10.0. The van der Waals surface area contributed by atoms with Crippen LogP contribution in [0.2, 0.25) is 0 Å². The van der Waals surface area contributed by atoms with Gasteiger partial charge in [0.15, 0.2) is 0 Å². The Morgan fingerprint density at radius 3 is 2.61 bits per heavy atom. The van der Waals surface area contributed by atoms with Gasteiger partial charge in [-0.3, -0.25) is 0 Å². The number of hydrogen-bond acceptors (Lipinski definition) is 2. The van der Waals surface area contributed by atoms with Crippen molar-refractivity contribution in [2.24, 2.45) is 0 Å². The van der Waals surface area contributed by atoms with Gasteiger partial charge in [0.1, 0.15) is 11.6 Å². The molecule has 1 aromatic carbocycles. The fraction of sp³-hybridized carbons (Fsp3) is 0.231. The maximum absolute atomic E-state index is 14.0. The molecule has 5 heteroatoms. The van der Waals surface area contributed by atoms with Crippen LogP contribution in [0, 0.1) is 5.82 Å². The third-order valence-electron chi connectivity index (χ3n) is 2.60. The molecule has 0 radical (unpaired) electrons. The molecule has 2 nitrogen and oxygen atoms in total. The molecule has 0 aliphatic heterocycles. The van der Waals surface area contributed by atoms with Gasteiger partial charge in [0.25, 0.3) is 0 Å². The van der Waals surface area contributed by atoms with Gasteiger partial charge in [-0.25, -0.2) is 4.39 Å². The zero-order valence-electron chi connectivity index (χ0n) is 9.71. The average molecular weight is 377 g/mol. The third kappa shape index (κ3) is 2.68. The molecule has 1 heterocycles. The molecule has 0 saturated heterocycles. The second-order valence-corrected chi connectivity index (χ2v) is 5.47. The molecular formula is C13H12Br2FNO. The molecule has 0 saturated carbocycles. The summed E-state index contributed by atoms with van der Waals surface area (Å²) in [4.78, 5) is 0. The van der Waals surface area contributed by atoms with Crippen LogP contribution >= 0.6 is 31.9 Å². The van der Waals surface area contributed by atoms with Gasteiger partial charge in [-0.05, 0) is 40.7 Å². The Kier molecular flexibility index (Phi) is 4.59. The van der Waals surface area contributed by atoms with Crippen molar-refractivity contribution in [2.45, 2.75) is 13.0 Å². The van der Waals surface area contributed by atoms with E-state index in [0.29, 0.717) is 17.9 Å². The molecule has 1 aromatic heterocycles. The van der Waals surface area contributed by atoms with Gasteiger partial charge in [-0.2, -0.15) is 0 Å². The molecule has 0 aliphatic carbocycles. The van der Waals surface area contributed by atoms with Crippen molar-refractivity contribution in [2.75, 3.05) is 6.54 Å². The van der Waals surface area contributed by atoms with E-state index in [1.807, 2.05) is 13.0 Å². The number of nitrogens with one attached hydrogen (secondary N) is 1. The lowest BCUT2D eigenvalue weighted by Gasteiger charge is -2.18. The van der Waals surface area contributed by atoms with E-state index in [0.717, 1.165) is 8.95 Å². The Morgan fingerprint density at radius 2 is 2.06 bits per heavy atom. The second kappa shape index (κ2) is 5.99. The minimum atomic E-state index is -0.324. The number of hydrogen-bond donors (Lipinski definition) is 1. The van der Waals surface area contributed by atoms with E-state index >= 15 is 0 Å². The van der Waals surface area contributed by atoms with E-state index < -0.39 is 0 Å². The van der Waals surface area contributed by atoms with Gasteiger partial charge < -0.3 is 9.73 Å². The summed E-state index contributed by atoms with van der Waals surface area (Å²) in [5.74, 6) is 0.404. The van der Waals surface area contributed by atoms with Crippen LogP contribution in [0.15, 0.2) is 43.9 Å². The summed E-state index contributed by atoms with van der Waals surface area (Å²) >= 11 is 6.80. The van der Waals surface area contributed by atoms with E-state index in [4.69, 9.17) is 4.42 Å². The van der Waals surface area contributed by atoms with Crippen LogP contribution in [0.4, 0.5) is 4.39 Å². The molecule has 2 rings (SSSR count). The number of furan rings is 1. The molecule has 1 atom stereocenters. The Bertz CT molecular complexity index is 521. The smallest absolute Gasteiger partial charge is 0.139 e. The normalized spacial score (nSPS) is 12.7. The Balaban J connectivity index is 2.52. The molecule has 96 valence electrons. The molecule has 0 bridgehead atoms. The first-order chi connectivity index (χ1) is 8.65. The molecule has 1 unspecified atom stereocenters. The first-order valence-corrected chi connectivity index (χ1v) is 7.14. The summed E-state index contributed by atoms with van der Waals surface area (Å²) in [7, 11) is 0. The first kappa shape index (κ1) is 13.8. The lowest BCUT2D eigenvalue weighted by molar-refractivity contribution is 0.438. The molecule has 18 heavy (non-hydrogen) atoms. The topological polar surface area (TPSA) is 25.2 Å². The van der Waals surface area contributed by atoms with Gasteiger partial charge in [0.2, 0.25) is 0 Å². The van der Waals surface area contributed by atoms with Crippen LogP contribution in [-0.2, 0) is 0 Å². The summed E-state index contributed by atoms with van der Waals surface area (Å²) < 4.78 is 21.0. The van der Waals surface area contributed by atoms with Crippen molar-refractivity contribution in [3.8, 4) is 0 Å². The molecule has 2 aromatic rings. The molecule has 1 N–H and O–H groups in total.